The van der Waals surface area contributed by atoms with Gasteiger partial charge in [-0.05, 0) is 25.0 Å². The molecule has 0 N–H and O–H groups in total. The topological polar surface area (TPSA) is 76.2 Å². The first-order valence-electron chi connectivity index (χ1n) is 9.98. The first kappa shape index (κ1) is 18.8. The van der Waals surface area contributed by atoms with E-state index in [-0.39, 0.29) is 24.2 Å². The SMILES string of the molecule is CC(=O)N1CCC2(CC1)CC(=O)c1ccc(OCC(=O)N3CCCC3)cc1O2. The number of piperidine rings is 1. The fourth-order valence-electron chi connectivity index (χ4n) is 4.28. The molecule has 150 valence electrons. The van der Waals surface area contributed by atoms with Crippen LogP contribution in [0.2, 0.25) is 0 Å². The third kappa shape index (κ3) is 3.70. The number of ether oxygens (including phenoxy) is 2. The largest absolute Gasteiger partial charge is 0.486 e. The van der Waals surface area contributed by atoms with Gasteiger partial charge >= 0.3 is 0 Å². The number of rotatable bonds is 3. The number of fused-ring (bicyclic) bond motifs is 1. The molecule has 0 aromatic heterocycles. The predicted molar refractivity (Wildman–Crippen MR) is 102 cm³/mol. The van der Waals surface area contributed by atoms with Gasteiger partial charge in [-0.2, -0.15) is 0 Å². The Hall–Kier alpha value is -2.57. The summed E-state index contributed by atoms with van der Waals surface area (Å²) in [7, 11) is 0. The number of Topliss-reactive ketones (excluding diaryl/α,β-unsaturated/α-hetero) is 1. The lowest BCUT2D eigenvalue weighted by molar-refractivity contribution is -0.133. The number of benzene rings is 1. The first-order valence-corrected chi connectivity index (χ1v) is 9.98. The summed E-state index contributed by atoms with van der Waals surface area (Å²) in [6.07, 6.45) is 3.69. The van der Waals surface area contributed by atoms with Gasteiger partial charge in [0.2, 0.25) is 5.91 Å². The third-order valence-corrected chi connectivity index (χ3v) is 6.00. The highest BCUT2D eigenvalue weighted by Crippen LogP contribution is 2.40. The Balaban J connectivity index is 1.44. The molecule has 2 amide bonds. The van der Waals surface area contributed by atoms with Crippen molar-refractivity contribution in [3.8, 4) is 11.5 Å². The van der Waals surface area contributed by atoms with Gasteiger partial charge in [-0.25, -0.2) is 0 Å². The maximum atomic E-state index is 12.7. The molecule has 3 heterocycles. The van der Waals surface area contributed by atoms with Crippen LogP contribution in [0.3, 0.4) is 0 Å². The van der Waals surface area contributed by atoms with Gasteiger partial charge < -0.3 is 19.3 Å². The summed E-state index contributed by atoms with van der Waals surface area (Å²) in [6.45, 7) is 4.34. The van der Waals surface area contributed by atoms with Crippen molar-refractivity contribution in [1.29, 1.82) is 0 Å². The number of likely N-dealkylation sites (tertiary alicyclic amines) is 2. The zero-order valence-electron chi connectivity index (χ0n) is 16.2. The normalized spacial score (nSPS) is 20.7. The highest BCUT2D eigenvalue weighted by Gasteiger charge is 2.43. The van der Waals surface area contributed by atoms with E-state index in [2.05, 4.69) is 0 Å². The van der Waals surface area contributed by atoms with E-state index < -0.39 is 5.60 Å². The maximum absolute atomic E-state index is 12.7. The summed E-state index contributed by atoms with van der Waals surface area (Å²) in [5, 5.41) is 0. The molecular formula is C21H26N2O5. The van der Waals surface area contributed by atoms with Crippen molar-refractivity contribution in [2.24, 2.45) is 0 Å². The second kappa shape index (κ2) is 7.45. The van der Waals surface area contributed by atoms with E-state index in [0.29, 0.717) is 49.4 Å². The van der Waals surface area contributed by atoms with Crippen LogP contribution in [0.5, 0.6) is 11.5 Å². The van der Waals surface area contributed by atoms with Gasteiger partial charge in [-0.15, -0.1) is 0 Å². The fourth-order valence-corrected chi connectivity index (χ4v) is 4.28. The first-order chi connectivity index (χ1) is 13.5. The van der Waals surface area contributed by atoms with Crippen LogP contribution in [0.1, 0.15) is 49.4 Å². The van der Waals surface area contributed by atoms with Gasteiger partial charge in [0.05, 0.1) is 12.0 Å². The van der Waals surface area contributed by atoms with Crippen LogP contribution in [0, 0.1) is 0 Å². The van der Waals surface area contributed by atoms with Gasteiger partial charge in [0.1, 0.15) is 17.1 Å². The molecule has 28 heavy (non-hydrogen) atoms. The second-order valence-electron chi connectivity index (χ2n) is 7.93. The van der Waals surface area contributed by atoms with Crippen molar-refractivity contribution < 1.29 is 23.9 Å². The summed E-state index contributed by atoms with van der Waals surface area (Å²) in [5.74, 6) is 1.13. The zero-order valence-corrected chi connectivity index (χ0v) is 16.2. The molecular weight excluding hydrogens is 360 g/mol. The lowest BCUT2D eigenvalue weighted by Gasteiger charge is -2.43. The summed E-state index contributed by atoms with van der Waals surface area (Å²) in [6, 6.07) is 5.14. The number of hydrogen-bond donors (Lipinski definition) is 0. The predicted octanol–water partition coefficient (Wildman–Crippen LogP) is 2.03. The molecule has 4 rings (SSSR count). The van der Waals surface area contributed by atoms with Gasteiger partial charge in [-0.1, -0.05) is 0 Å². The quantitative estimate of drug-likeness (QED) is 0.795. The number of ketones is 1. The lowest BCUT2D eigenvalue weighted by atomic mass is 9.82. The highest BCUT2D eigenvalue weighted by atomic mass is 16.5. The van der Waals surface area contributed by atoms with Crippen molar-refractivity contribution in [1.82, 2.24) is 9.80 Å². The molecule has 1 aromatic carbocycles. The number of nitrogens with zero attached hydrogens (tertiary/aromatic N) is 2. The van der Waals surface area contributed by atoms with Crippen molar-refractivity contribution in [2.45, 2.75) is 44.6 Å². The van der Waals surface area contributed by atoms with Gasteiger partial charge in [0.15, 0.2) is 12.4 Å². The average Bonchev–Trinajstić information content (AvgIpc) is 3.21. The fraction of sp³-hybridized carbons (Fsp3) is 0.571. The van der Waals surface area contributed by atoms with E-state index in [0.717, 1.165) is 25.9 Å². The van der Waals surface area contributed by atoms with E-state index in [4.69, 9.17) is 9.47 Å². The van der Waals surface area contributed by atoms with Crippen LogP contribution < -0.4 is 9.47 Å². The summed E-state index contributed by atoms with van der Waals surface area (Å²) >= 11 is 0. The molecule has 0 atom stereocenters. The van der Waals surface area contributed by atoms with E-state index in [1.165, 1.54) is 0 Å². The summed E-state index contributed by atoms with van der Waals surface area (Å²) in [4.78, 5) is 40.0. The Labute approximate surface area is 164 Å². The monoisotopic (exact) mass is 386 g/mol. The molecule has 3 aliphatic heterocycles. The minimum Gasteiger partial charge on any atom is -0.486 e. The lowest BCUT2D eigenvalue weighted by Crippen LogP contribution is -2.51. The minimum absolute atomic E-state index is 0.00848. The van der Waals surface area contributed by atoms with Crippen molar-refractivity contribution in [3.05, 3.63) is 23.8 Å². The number of carbonyl (C=O) groups is 3. The number of carbonyl (C=O) groups excluding carboxylic acids is 3. The molecule has 7 heteroatoms. The van der Waals surface area contributed by atoms with Crippen LogP contribution in [0.15, 0.2) is 18.2 Å². The molecule has 0 unspecified atom stereocenters. The van der Waals surface area contributed by atoms with Crippen LogP contribution in [0.25, 0.3) is 0 Å². The molecule has 0 bridgehead atoms. The molecule has 0 aliphatic carbocycles. The minimum atomic E-state index is -0.556. The van der Waals surface area contributed by atoms with Crippen LogP contribution >= 0.6 is 0 Å². The molecule has 2 saturated heterocycles. The van der Waals surface area contributed by atoms with Gasteiger partial charge in [0, 0.05) is 52.0 Å². The number of amides is 2. The smallest absolute Gasteiger partial charge is 0.260 e. The Morgan fingerprint density at radius 1 is 1.11 bits per heavy atom. The summed E-state index contributed by atoms with van der Waals surface area (Å²) in [5.41, 5.74) is -0.00197. The Morgan fingerprint density at radius 2 is 1.82 bits per heavy atom. The number of hydrogen-bond acceptors (Lipinski definition) is 5. The van der Waals surface area contributed by atoms with Crippen molar-refractivity contribution >= 4 is 17.6 Å². The maximum Gasteiger partial charge on any atom is 0.260 e. The molecule has 3 aliphatic rings. The Bertz CT molecular complexity index is 792. The highest BCUT2D eigenvalue weighted by molar-refractivity contribution is 6.00. The Kier molecular flexibility index (Phi) is 5.00. The van der Waals surface area contributed by atoms with E-state index >= 15 is 0 Å². The van der Waals surface area contributed by atoms with Crippen molar-refractivity contribution in [2.75, 3.05) is 32.8 Å². The molecule has 0 radical (unpaired) electrons. The standard InChI is InChI=1S/C21H26N2O5/c1-15(24)22-10-6-21(7-11-22)13-18(25)17-5-4-16(12-19(17)28-21)27-14-20(26)23-8-2-3-9-23/h4-5,12H,2-3,6-11,13-14H2,1H3. The van der Waals surface area contributed by atoms with E-state index in [9.17, 15) is 14.4 Å². The second-order valence-corrected chi connectivity index (χ2v) is 7.93. The van der Waals surface area contributed by atoms with Crippen LogP contribution in [0.4, 0.5) is 0 Å². The van der Waals surface area contributed by atoms with Crippen LogP contribution in [-0.2, 0) is 9.59 Å². The molecule has 1 aromatic rings. The Morgan fingerprint density at radius 3 is 2.50 bits per heavy atom. The molecule has 2 fully saturated rings. The van der Waals surface area contributed by atoms with E-state index in [1.807, 2.05) is 4.90 Å². The average molecular weight is 386 g/mol. The third-order valence-electron chi connectivity index (χ3n) is 6.00. The zero-order chi connectivity index (χ0) is 19.7. The molecule has 0 saturated carbocycles. The summed E-state index contributed by atoms with van der Waals surface area (Å²) < 4.78 is 11.9. The molecule has 7 nitrogen and oxygen atoms in total. The van der Waals surface area contributed by atoms with Gasteiger partial charge in [-0.3, -0.25) is 14.4 Å². The molecule has 1 spiro atoms. The van der Waals surface area contributed by atoms with E-state index in [1.54, 1.807) is 30.0 Å². The van der Waals surface area contributed by atoms with Gasteiger partial charge in [0.25, 0.3) is 5.91 Å². The van der Waals surface area contributed by atoms with Crippen molar-refractivity contribution in [3.63, 3.8) is 0 Å². The van der Waals surface area contributed by atoms with Crippen LogP contribution in [-0.4, -0.2) is 65.8 Å².